The van der Waals surface area contributed by atoms with Crippen molar-refractivity contribution in [3.05, 3.63) is 24.3 Å². The molecule has 1 aromatic carbocycles. The number of benzene rings is 1. The van der Waals surface area contributed by atoms with Crippen LogP contribution < -0.4 is 4.74 Å². The Labute approximate surface area is 112 Å². The average molecular weight is 284 g/mol. The molecule has 1 aromatic rings. The van der Waals surface area contributed by atoms with E-state index in [1.54, 1.807) is 0 Å². The Hall–Kier alpha value is -1.56. The molecule has 0 atom stereocenters. The number of methoxy groups -OCH3 is 1. The first-order chi connectivity index (χ1) is 8.94. The van der Waals surface area contributed by atoms with Crippen molar-refractivity contribution in [2.24, 2.45) is 0 Å². The van der Waals surface area contributed by atoms with Gasteiger partial charge in [-0.1, -0.05) is 12.8 Å². The highest BCUT2D eigenvalue weighted by molar-refractivity contribution is 7.93. The van der Waals surface area contributed by atoms with E-state index >= 15 is 0 Å². The summed E-state index contributed by atoms with van der Waals surface area (Å²) in [7, 11) is -2.39. The van der Waals surface area contributed by atoms with Gasteiger partial charge in [-0.05, 0) is 37.1 Å². The molecule has 104 valence electrons. The summed E-state index contributed by atoms with van der Waals surface area (Å²) in [6.07, 6.45) is 1.61. The third-order valence-electron chi connectivity index (χ3n) is 3.69. The Morgan fingerprint density at radius 2 is 1.74 bits per heavy atom. The summed E-state index contributed by atoms with van der Waals surface area (Å²) >= 11 is 0. The minimum absolute atomic E-state index is 0.0394. The van der Waals surface area contributed by atoms with Crippen molar-refractivity contribution in [2.45, 2.75) is 35.3 Å². The molecule has 0 aromatic heterocycles. The highest BCUT2D eigenvalue weighted by Gasteiger charge is 2.53. The summed E-state index contributed by atoms with van der Waals surface area (Å²) in [5.41, 5.74) is 0. The van der Waals surface area contributed by atoms with Crippen LogP contribution in [0.3, 0.4) is 0 Å². The minimum Gasteiger partial charge on any atom is -0.497 e. The molecule has 0 amide bonds. The minimum atomic E-state index is -3.88. The van der Waals surface area contributed by atoms with E-state index in [0.717, 1.165) is 0 Å². The lowest BCUT2D eigenvalue weighted by Crippen LogP contribution is -2.43. The molecule has 0 bridgehead atoms. The van der Waals surface area contributed by atoms with Gasteiger partial charge in [-0.25, -0.2) is 8.42 Å². The molecule has 1 N–H and O–H groups in total. The number of carboxylic acids is 1. The van der Waals surface area contributed by atoms with E-state index in [9.17, 15) is 18.3 Å². The van der Waals surface area contributed by atoms with E-state index in [1.165, 1.54) is 31.4 Å². The Kier molecular flexibility index (Phi) is 3.54. The fraction of sp³-hybridized carbons (Fsp3) is 0.462. The zero-order chi connectivity index (χ0) is 14.1. The average Bonchev–Trinajstić information content (AvgIpc) is 2.90. The second kappa shape index (κ2) is 4.85. The van der Waals surface area contributed by atoms with Crippen LogP contribution in [-0.2, 0) is 14.6 Å². The molecule has 0 radical (unpaired) electrons. The van der Waals surface area contributed by atoms with Crippen LogP contribution in [0.25, 0.3) is 0 Å². The number of ether oxygens (including phenoxy) is 1. The molecular weight excluding hydrogens is 268 g/mol. The lowest BCUT2D eigenvalue weighted by molar-refractivity contribution is -0.139. The van der Waals surface area contributed by atoms with Crippen molar-refractivity contribution in [1.29, 1.82) is 0 Å². The molecule has 2 rings (SSSR count). The van der Waals surface area contributed by atoms with Gasteiger partial charge < -0.3 is 9.84 Å². The molecule has 6 heteroatoms. The molecule has 0 unspecified atom stereocenters. The number of carboxylic acid groups (broad SMARTS) is 1. The van der Waals surface area contributed by atoms with Crippen LogP contribution in [-0.4, -0.2) is 31.4 Å². The molecule has 1 aliphatic carbocycles. The fourth-order valence-electron chi connectivity index (χ4n) is 2.52. The van der Waals surface area contributed by atoms with E-state index in [2.05, 4.69) is 0 Å². The number of aliphatic carboxylic acids is 1. The van der Waals surface area contributed by atoms with Crippen LogP contribution in [0.5, 0.6) is 5.75 Å². The number of rotatable bonds is 4. The second-order valence-corrected chi connectivity index (χ2v) is 6.95. The maximum absolute atomic E-state index is 12.6. The molecule has 5 nitrogen and oxygen atoms in total. The second-order valence-electron chi connectivity index (χ2n) is 4.69. The SMILES string of the molecule is COc1ccc(S(=O)(=O)C2(C(=O)O)CCCC2)cc1. The van der Waals surface area contributed by atoms with Crippen molar-refractivity contribution < 1.29 is 23.1 Å². The van der Waals surface area contributed by atoms with Gasteiger partial charge in [-0.2, -0.15) is 0 Å². The summed E-state index contributed by atoms with van der Waals surface area (Å²) in [5, 5.41) is 9.36. The van der Waals surface area contributed by atoms with E-state index in [4.69, 9.17) is 4.74 Å². The van der Waals surface area contributed by atoms with Gasteiger partial charge in [0.05, 0.1) is 12.0 Å². The number of hydrogen-bond donors (Lipinski definition) is 1. The topological polar surface area (TPSA) is 80.7 Å². The molecule has 1 fully saturated rings. The molecule has 1 aliphatic rings. The Balaban J connectivity index is 2.48. The third-order valence-corrected chi connectivity index (χ3v) is 6.19. The first-order valence-corrected chi connectivity index (χ1v) is 7.54. The summed E-state index contributed by atoms with van der Waals surface area (Å²) in [6.45, 7) is 0. The quantitative estimate of drug-likeness (QED) is 0.912. The lowest BCUT2D eigenvalue weighted by atomic mass is 10.1. The number of carbonyl (C=O) groups is 1. The molecule has 0 spiro atoms. The van der Waals surface area contributed by atoms with Gasteiger partial charge in [0, 0.05) is 0 Å². The van der Waals surface area contributed by atoms with E-state index in [0.29, 0.717) is 18.6 Å². The van der Waals surface area contributed by atoms with Crippen molar-refractivity contribution in [3.63, 3.8) is 0 Å². The fourth-order valence-corrected chi connectivity index (χ4v) is 4.53. The largest absolute Gasteiger partial charge is 0.497 e. The highest BCUT2D eigenvalue weighted by atomic mass is 32.2. The van der Waals surface area contributed by atoms with Crippen LogP contribution in [0.15, 0.2) is 29.2 Å². The normalized spacial score (nSPS) is 18.2. The maximum atomic E-state index is 12.6. The summed E-state index contributed by atoms with van der Waals surface area (Å²) in [6, 6.07) is 5.85. The van der Waals surface area contributed by atoms with Crippen molar-refractivity contribution in [1.82, 2.24) is 0 Å². The van der Waals surface area contributed by atoms with Gasteiger partial charge in [0.1, 0.15) is 5.75 Å². The first kappa shape index (κ1) is 13.9. The van der Waals surface area contributed by atoms with Crippen LogP contribution in [0.1, 0.15) is 25.7 Å². The summed E-state index contributed by atoms with van der Waals surface area (Å²) < 4.78 is 28.5. The Bertz CT molecular complexity index is 568. The lowest BCUT2D eigenvalue weighted by Gasteiger charge is -2.23. The third kappa shape index (κ3) is 2.10. The van der Waals surface area contributed by atoms with Crippen molar-refractivity contribution >= 4 is 15.8 Å². The van der Waals surface area contributed by atoms with Crippen molar-refractivity contribution in [2.75, 3.05) is 7.11 Å². The molecule has 0 heterocycles. The van der Waals surface area contributed by atoms with Gasteiger partial charge in [-0.3, -0.25) is 4.79 Å². The molecule has 0 saturated heterocycles. The summed E-state index contributed by atoms with van der Waals surface area (Å²) in [4.78, 5) is 11.5. The molecule has 19 heavy (non-hydrogen) atoms. The first-order valence-electron chi connectivity index (χ1n) is 6.06. The van der Waals surface area contributed by atoms with Crippen LogP contribution >= 0.6 is 0 Å². The van der Waals surface area contributed by atoms with Crippen LogP contribution in [0, 0.1) is 0 Å². The van der Waals surface area contributed by atoms with Gasteiger partial charge in [0.15, 0.2) is 14.6 Å². The van der Waals surface area contributed by atoms with E-state index in [-0.39, 0.29) is 17.7 Å². The van der Waals surface area contributed by atoms with Gasteiger partial charge in [-0.15, -0.1) is 0 Å². The molecular formula is C13H16O5S. The van der Waals surface area contributed by atoms with E-state index < -0.39 is 20.6 Å². The van der Waals surface area contributed by atoms with Gasteiger partial charge in [0.2, 0.25) is 0 Å². The predicted molar refractivity (Wildman–Crippen MR) is 69.0 cm³/mol. The van der Waals surface area contributed by atoms with Gasteiger partial charge >= 0.3 is 5.97 Å². The van der Waals surface area contributed by atoms with Crippen LogP contribution in [0.4, 0.5) is 0 Å². The number of sulfone groups is 1. The Morgan fingerprint density at radius 1 is 1.21 bits per heavy atom. The highest BCUT2D eigenvalue weighted by Crippen LogP contribution is 2.40. The van der Waals surface area contributed by atoms with Crippen molar-refractivity contribution in [3.8, 4) is 5.75 Å². The van der Waals surface area contributed by atoms with Crippen LogP contribution in [0.2, 0.25) is 0 Å². The van der Waals surface area contributed by atoms with Gasteiger partial charge in [0.25, 0.3) is 0 Å². The van der Waals surface area contributed by atoms with E-state index in [1.807, 2.05) is 0 Å². The monoisotopic (exact) mass is 284 g/mol. The maximum Gasteiger partial charge on any atom is 0.325 e. The summed E-state index contributed by atoms with van der Waals surface area (Å²) in [5.74, 6) is -0.712. The number of hydrogen-bond acceptors (Lipinski definition) is 4. The standard InChI is InChI=1S/C13H16O5S/c1-18-10-4-6-11(7-5-10)19(16,17)13(12(14)15)8-2-3-9-13/h4-7H,2-3,8-9H2,1H3,(H,14,15). The zero-order valence-corrected chi connectivity index (χ0v) is 11.4. The Morgan fingerprint density at radius 3 is 2.16 bits per heavy atom. The predicted octanol–water partition coefficient (Wildman–Crippen LogP) is 1.87. The molecule has 0 aliphatic heterocycles. The smallest absolute Gasteiger partial charge is 0.325 e. The zero-order valence-electron chi connectivity index (χ0n) is 10.6. The molecule has 1 saturated carbocycles.